The molecular formula is C24H26N4O2S. The number of nitrogens with zero attached hydrogens (tertiary/aromatic N) is 4. The summed E-state index contributed by atoms with van der Waals surface area (Å²) in [5.41, 5.74) is 1.79. The Balaban J connectivity index is 1.47. The van der Waals surface area contributed by atoms with Crippen molar-refractivity contribution in [2.24, 2.45) is 0 Å². The minimum Gasteiger partial charge on any atom is -0.497 e. The minimum absolute atomic E-state index is 0.00241. The number of thioether (sulfide) groups is 1. The predicted molar refractivity (Wildman–Crippen MR) is 125 cm³/mol. The summed E-state index contributed by atoms with van der Waals surface area (Å²) < 4.78 is 9.00. The fourth-order valence-electron chi connectivity index (χ4n) is 3.46. The molecule has 160 valence electrons. The third kappa shape index (κ3) is 5.35. The van der Waals surface area contributed by atoms with E-state index in [4.69, 9.17) is 9.72 Å². The molecule has 0 spiro atoms. The SMILES string of the molecule is COc1ccc(Cn2c(SCCCCCn3cccn3)nc3ccccc3c2=O)cc1. The van der Waals surface area contributed by atoms with Crippen molar-refractivity contribution < 1.29 is 4.74 Å². The van der Waals surface area contributed by atoms with Crippen LogP contribution in [-0.2, 0) is 13.1 Å². The van der Waals surface area contributed by atoms with Gasteiger partial charge in [0.15, 0.2) is 5.16 Å². The molecule has 0 atom stereocenters. The third-order valence-electron chi connectivity index (χ3n) is 5.15. The molecule has 0 aliphatic heterocycles. The monoisotopic (exact) mass is 434 g/mol. The lowest BCUT2D eigenvalue weighted by molar-refractivity contribution is 0.414. The fourth-order valence-corrected chi connectivity index (χ4v) is 4.46. The number of ether oxygens (including phenoxy) is 1. The maximum Gasteiger partial charge on any atom is 0.262 e. The summed E-state index contributed by atoms with van der Waals surface area (Å²) in [7, 11) is 1.65. The van der Waals surface area contributed by atoms with E-state index in [0.29, 0.717) is 11.9 Å². The molecule has 0 fully saturated rings. The van der Waals surface area contributed by atoms with Crippen LogP contribution in [0.5, 0.6) is 5.75 Å². The van der Waals surface area contributed by atoms with Gasteiger partial charge in [-0.05, 0) is 48.7 Å². The zero-order chi connectivity index (χ0) is 21.5. The Labute approximate surface area is 185 Å². The molecule has 6 nitrogen and oxygen atoms in total. The average Bonchev–Trinajstić information content (AvgIpc) is 3.32. The summed E-state index contributed by atoms with van der Waals surface area (Å²) >= 11 is 1.66. The molecule has 0 N–H and O–H groups in total. The van der Waals surface area contributed by atoms with Gasteiger partial charge in [0.25, 0.3) is 5.56 Å². The molecular weight excluding hydrogens is 408 g/mol. The maximum atomic E-state index is 13.2. The molecule has 0 saturated carbocycles. The van der Waals surface area contributed by atoms with Crippen molar-refractivity contribution in [3.63, 3.8) is 0 Å². The Bertz CT molecular complexity index is 1170. The van der Waals surface area contributed by atoms with Gasteiger partial charge >= 0.3 is 0 Å². The van der Waals surface area contributed by atoms with E-state index in [1.165, 1.54) is 0 Å². The maximum absolute atomic E-state index is 13.2. The quantitative estimate of drug-likeness (QED) is 0.207. The first kappa shape index (κ1) is 21.2. The van der Waals surface area contributed by atoms with Crippen LogP contribution >= 0.6 is 11.8 Å². The molecule has 31 heavy (non-hydrogen) atoms. The van der Waals surface area contributed by atoms with Crippen LogP contribution in [-0.4, -0.2) is 32.2 Å². The number of fused-ring (bicyclic) bond motifs is 1. The van der Waals surface area contributed by atoms with Gasteiger partial charge in [-0.3, -0.25) is 14.0 Å². The van der Waals surface area contributed by atoms with Crippen molar-refractivity contribution in [2.45, 2.75) is 37.5 Å². The Hall–Kier alpha value is -3.06. The van der Waals surface area contributed by atoms with E-state index in [1.54, 1.807) is 23.4 Å². The van der Waals surface area contributed by atoms with Gasteiger partial charge in [-0.2, -0.15) is 5.10 Å². The number of rotatable bonds is 10. The lowest BCUT2D eigenvalue weighted by Gasteiger charge is -2.13. The number of aryl methyl sites for hydroxylation is 1. The van der Waals surface area contributed by atoms with Crippen LogP contribution in [0.25, 0.3) is 10.9 Å². The second-order valence-electron chi connectivity index (χ2n) is 7.33. The molecule has 0 bridgehead atoms. The largest absolute Gasteiger partial charge is 0.497 e. The van der Waals surface area contributed by atoms with E-state index in [0.717, 1.165) is 53.5 Å². The molecule has 4 rings (SSSR count). The van der Waals surface area contributed by atoms with E-state index >= 15 is 0 Å². The van der Waals surface area contributed by atoms with Gasteiger partial charge in [-0.15, -0.1) is 0 Å². The van der Waals surface area contributed by atoms with Crippen molar-refractivity contribution >= 4 is 22.7 Å². The zero-order valence-electron chi connectivity index (χ0n) is 17.6. The van der Waals surface area contributed by atoms with Crippen LogP contribution in [0, 0.1) is 0 Å². The molecule has 0 unspecified atom stereocenters. The van der Waals surface area contributed by atoms with Gasteiger partial charge in [0.1, 0.15) is 5.75 Å². The summed E-state index contributed by atoms with van der Waals surface area (Å²) in [6.07, 6.45) is 7.07. The Kier molecular flexibility index (Phi) is 7.04. The van der Waals surface area contributed by atoms with Crippen LogP contribution in [0.3, 0.4) is 0 Å². The molecule has 2 aromatic heterocycles. The van der Waals surface area contributed by atoms with Gasteiger partial charge in [-0.25, -0.2) is 4.98 Å². The zero-order valence-corrected chi connectivity index (χ0v) is 18.4. The van der Waals surface area contributed by atoms with Gasteiger partial charge in [-0.1, -0.05) is 42.4 Å². The molecule has 2 heterocycles. The van der Waals surface area contributed by atoms with Crippen molar-refractivity contribution in [1.29, 1.82) is 0 Å². The lowest BCUT2D eigenvalue weighted by atomic mass is 10.2. The number of para-hydroxylation sites is 1. The van der Waals surface area contributed by atoms with E-state index in [2.05, 4.69) is 5.10 Å². The Morgan fingerprint density at radius 3 is 2.61 bits per heavy atom. The van der Waals surface area contributed by atoms with Gasteiger partial charge in [0.2, 0.25) is 0 Å². The highest BCUT2D eigenvalue weighted by molar-refractivity contribution is 7.99. The number of unbranched alkanes of at least 4 members (excludes halogenated alkanes) is 2. The minimum atomic E-state index is 0.00241. The molecule has 4 aromatic rings. The molecule has 2 aromatic carbocycles. The second-order valence-corrected chi connectivity index (χ2v) is 8.39. The molecule has 0 amide bonds. The van der Waals surface area contributed by atoms with Crippen molar-refractivity contribution in [3.8, 4) is 5.75 Å². The topological polar surface area (TPSA) is 61.9 Å². The van der Waals surface area contributed by atoms with E-state index in [9.17, 15) is 4.79 Å². The first-order chi connectivity index (χ1) is 15.2. The number of aromatic nitrogens is 4. The van der Waals surface area contributed by atoms with Crippen molar-refractivity contribution in [3.05, 3.63) is 82.9 Å². The van der Waals surface area contributed by atoms with Gasteiger partial charge in [0.05, 0.1) is 24.6 Å². The molecule has 0 radical (unpaired) electrons. The van der Waals surface area contributed by atoms with Gasteiger partial charge in [0, 0.05) is 24.7 Å². The van der Waals surface area contributed by atoms with Crippen LogP contribution in [0.4, 0.5) is 0 Å². The Morgan fingerprint density at radius 1 is 1.00 bits per heavy atom. The fraction of sp³-hybridized carbons (Fsp3) is 0.292. The smallest absolute Gasteiger partial charge is 0.262 e. The van der Waals surface area contributed by atoms with Gasteiger partial charge < -0.3 is 4.74 Å². The van der Waals surface area contributed by atoms with Crippen LogP contribution < -0.4 is 10.3 Å². The number of hydrogen-bond donors (Lipinski definition) is 0. The Morgan fingerprint density at radius 2 is 1.84 bits per heavy atom. The molecule has 7 heteroatoms. The standard InChI is InChI=1S/C24H26N4O2S/c1-30-20-12-10-19(11-13-20)18-28-23(29)21-8-3-4-9-22(21)26-24(28)31-17-6-2-5-15-27-16-7-14-25-27/h3-4,7-14,16H,2,5-6,15,17-18H2,1H3. The summed E-state index contributed by atoms with van der Waals surface area (Å²) in [4.78, 5) is 18.0. The highest BCUT2D eigenvalue weighted by Crippen LogP contribution is 2.21. The highest BCUT2D eigenvalue weighted by atomic mass is 32.2. The molecule has 0 saturated heterocycles. The first-order valence-corrected chi connectivity index (χ1v) is 11.5. The van der Waals surface area contributed by atoms with E-state index in [1.807, 2.05) is 71.7 Å². The number of methoxy groups -OCH3 is 1. The normalized spacial score (nSPS) is 11.1. The summed E-state index contributed by atoms with van der Waals surface area (Å²) in [5, 5.41) is 5.66. The van der Waals surface area contributed by atoms with Crippen molar-refractivity contribution in [1.82, 2.24) is 19.3 Å². The number of benzene rings is 2. The van der Waals surface area contributed by atoms with Crippen LogP contribution in [0.2, 0.25) is 0 Å². The van der Waals surface area contributed by atoms with Crippen LogP contribution in [0.1, 0.15) is 24.8 Å². The highest BCUT2D eigenvalue weighted by Gasteiger charge is 2.12. The summed E-state index contributed by atoms with van der Waals surface area (Å²) in [5.74, 6) is 1.73. The summed E-state index contributed by atoms with van der Waals surface area (Å²) in [6, 6.07) is 17.3. The molecule has 0 aliphatic carbocycles. The average molecular weight is 435 g/mol. The van der Waals surface area contributed by atoms with E-state index < -0.39 is 0 Å². The van der Waals surface area contributed by atoms with Crippen LogP contribution in [0.15, 0.2) is 76.9 Å². The second kappa shape index (κ2) is 10.3. The van der Waals surface area contributed by atoms with Crippen molar-refractivity contribution in [2.75, 3.05) is 12.9 Å². The summed E-state index contributed by atoms with van der Waals surface area (Å²) in [6.45, 7) is 1.43. The first-order valence-electron chi connectivity index (χ1n) is 10.5. The molecule has 0 aliphatic rings. The lowest BCUT2D eigenvalue weighted by Crippen LogP contribution is -2.24. The van der Waals surface area contributed by atoms with E-state index in [-0.39, 0.29) is 5.56 Å². The third-order valence-corrected chi connectivity index (χ3v) is 6.21. The number of hydrogen-bond acceptors (Lipinski definition) is 5. The predicted octanol–water partition coefficient (Wildman–Crippen LogP) is 4.61.